The van der Waals surface area contributed by atoms with Gasteiger partial charge in [-0.15, -0.1) is 10.2 Å². The maximum absolute atomic E-state index is 12.3. The number of amides is 1. The molecule has 1 heterocycles. The molecule has 26 heavy (non-hydrogen) atoms. The summed E-state index contributed by atoms with van der Waals surface area (Å²) in [5.41, 5.74) is 1.60. The molecule has 0 spiro atoms. The fourth-order valence-electron chi connectivity index (χ4n) is 2.06. The Morgan fingerprint density at radius 2 is 1.69 bits per heavy atom. The summed E-state index contributed by atoms with van der Waals surface area (Å²) in [5.74, 6) is -0.366. The zero-order chi connectivity index (χ0) is 18.7. The summed E-state index contributed by atoms with van der Waals surface area (Å²) < 4.78 is 24.7. The van der Waals surface area contributed by atoms with Crippen molar-refractivity contribution in [2.75, 3.05) is 16.3 Å². The highest BCUT2D eigenvalue weighted by Crippen LogP contribution is 2.27. The molecular weight excluding hydrogens is 396 g/mol. The first-order chi connectivity index (χ1) is 12.3. The Kier molecular flexibility index (Phi) is 5.21. The molecule has 0 bridgehead atoms. The minimum atomic E-state index is -3.36. The Morgan fingerprint density at radius 1 is 1.04 bits per heavy atom. The molecule has 0 radical (unpaired) electrons. The number of aromatic nitrogens is 2. The second-order valence-corrected chi connectivity index (χ2v) is 8.49. The second kappa shape index (κ2) is 7.40. The van der Waals surface area contributed by atoms with E-state index in [4.69, 9.17) is 11.6 Å². The highest BCUT2D eigenvalue weighted by atomic mass is 35.5. The van der Waals surface area contributed by atoms with Crippen molar-refractivity contribution in [2.45, 2.75) is 0 Å². The van der Waals surface area contributed by atoms with E-state index in [0.717, 1.165) is 11.8 Å². The number of anilines is 2. The number of halogens is 1. The monoisotopic (exact) mass is 408 g/mol. The lowest BCUT2D eigenvalue weighted by Crippen LogP contribution is -2.12. The van der Waals surface area contributed by atoms with Gasteiger partial charge in [-0.2, -0.15) is 0 Å². The average molecular weight is 409 g/mol. The highest BCUT2D eigenvalue weighted by Gasteiger charge is 2.12. The fourth-order valence-corrected chi connectivity index (χ4v) is 3.49. The van der Waals surface area contributed by atoms with Crippen LogP contribution < -0.4 is 10.0 Å². The van der Waals surface area contributed by atoms with Crippen LogP contribution in [0.15, 0.2) is 48.5 Å². The van der Waals surface area contributed by atoms with Crippen molar-refractivity contribution in [2.24, 2.45) is 0 Å². The fraction of sp³-hybridized carbons (Fsp3) is 0.0625. The van der Waals surface area contributed by atoms with E-state index in [1.54, 1.807) is 12.1 Å². The first-order valence-electron chi connectivity index (χ1n) is 7.29. The SMILES string of the molecule is CS(=O)(=O)Nc1ccc(C(=O)Nc2nnc(-c3ccc(Cl)cc3)s2)cc1. The second-order valence-electron chi connectivity index (χ2n) is 5.32. The van der Waals surface area contributed by atoms with Gasteiger partial charge in [0.05, 0.1) is 6.26 Å². The van der Waals surface area contributed by atoms with Crippen LogP contribution in [0.2, 0.25) is 5.02 Å². The summed E-state index contributed by atoms with van der Waals surface area (Å²) in [7, 11) is -3.36. The lowest BCUT2D eigenvalue weighted by Gasteiger charge is -2.05. The maximum atomic E-state index is 12.3. The molecule has 10 heteroatoms. The van der Waals surface area contributed by atoms with Crippen LogP contribution in [0.3, 0.4) is 0 Å². The van der Waals surface area contributed by atoms with E-state index in [0.29, 0.717) is 26.4 Å². The molecule has 0 saturated heterocycles. The van der Waals surface area contributed by atoms with Crippen LogP contribution in [-0.4, -0.2) is 30.8 Å². The number of hydrogen-bond acceptors (Lipinski definition) is 6. The number of carbonyl (C=O) groups is 1. The van der Waals surface area contributed by atoms with Crippen LogP contribution in [0.25, 0.3) is 10.6 Å². The third-order valence-corrected chi connectivity index (χ3v) is 4.93. The van der Waals surface area contributed by atoms with Crippen LogP contribution in [-0.2, 0) is 10.0 Å². The summed E-state index contributed by atoms with van der Waals surface area (Å²) in [4.78, 5) is 12.3. The van der Waals surface area contributed by atoms with E-state index in [9.17, 15) is 13.2 Å². The maximum Gasteiger partial charge on any atom is 0.257 e. The lowest BCUT2D eigenvalue weighted by molar-refractivity contribution is 0.102. The standard InChI is InChI=1S/C16H13ClN4O3S2/c1-26(23,24)21-13-8-4-10(5-9-13)14(22)18-16-20-19-15(25-16)11-2-6-12(17)7-3-11/h2-9,21H,1H3,(H,18,20,22). The predicted molar refractivity (Wildman–Crippen MR) is 103 cm³/mol. The number of nitrogens with one attached hydrogen (secondary N) is 2. The van der Waals surface area contributed by atoms with E-state index in [2.05, 4.69) is 20.2 Å². The molecular formula is C16H13ClN4O3S2. The van der Waals surface area contributed by atoms with Gasteiger partial charge in [0.2, 0.25) is 15.2 Å². The van der Waals surface area contributed by atoms with Crippen LogP contribution in [0.4, 0.5) is 10.8 Å². The van der Waals surface area contributed by atoms with Crippen LogP contribution in [0.5, 0.6) is 0 Å². The number of benzene rings is 2. The number of sulfonamides is 1. The third-order valence-electron chi connectivity index (χ3n) is 3.19. The first kappa shape index (κ1) is 18.3. The number of carbonyl (C=O) groups excluding carboxylic acids is 1. The Morgan fingerprint density at radius 3 is 2.31 bits per heavy atom. The molecule has 0 saturated carbocycles. The minimum absolute atomic E-state index is 0.360. The van der Waals surface area contributed by atoms with E-state index in [1.165, 1.54) is 35.6 Å². The van der Waals surface area contributed by atoms with Crippen molar-refractivity contribution in [3.05, 3.63) is 59.1 Å². The molecule has 1 amide bonds. The van der Waals surface area contributed by atoms with E-state index >= 15 is 0 Å². The zero-order valence-corrected chi connectivity index (χ0v) is 15.8. The molecule has 2 N–H and O–H groups in total. The summed E-state index contributed by atoms with van der Waals surface area (Å²) in [6, 6.07) is 13.2. The molecule has 0 aliphatic rings. The third kappa shape index (κ3) is 4.78. The molecule has 2 aromatic carbocycles. The Hall–Kier alpha value is -2.49. The van der Waals surface area contributed by atoms with Crippen LogP contribution in [0, 0.1) is 0 Å². The molecule has 0 aliphatic heterocycles. The average Bonchev–Trinajstić information content (AvgIpc) is 3.03. The van der Waals surface area contributed by atoms with Crippen molar-refractivity contribution in [1.29, 1.82) is 0 Å². The van der Waals surface area contributed by atoms with Gasteiger partial charge in [-0.05, 0) is 36.4 Å². The minimum Gasteiger partial charge on any atom is -0.296 e. The molecule has 0 fully saturated rings. The van der Waals surface area contributed by atoms with Crippen molar-refractivity contribution >= 4 is 49.7 Å². The van der Waals surface area contributed by atoms with Gasteiger partial charge in [0.25, 0.3) is 5.91 Å². The van der Waals surface area contributed by atoms with Crippen LogP contribution >= 0.6 is 22.9 Å². The summed E-state index contributed by atoms with van der Waals surface area (Å²) in [5, 5.41) is 12.3. The van der Waals surface area contributed by atoms with Gasteiger partial charge < -0.3 is 0 Å². The molecule has 3 rings (SSSR count). The highest BCUT2D eigenvalue weighted by molar-refractivity contribution is 7.92. The van der Waals surface area contributed by atoms with Gasteiger partial charge in [-0.25, -0.2) is 8.42 Å². The lowest BCUT2D eigenvalue weighted by atomic mass is 10.2. The smallest absolute Gasteiger partial charge is 0.257 e. The Bertz CT molecular complexity index is 1030. The van der Waals surface area contributed by atoms with Gasteiger partial charge in [-0.1, -0.05) is 35.1 Å². The van der Waals surface area contributed by atoms with Gasteiger partial charge in [0.15, 0.2) is 0 Å². The number of nitrogens with zero attached hydrogens (tertiary/aromatic N) is 2. The first-order valence-corrected chi connectivity index (χ1v) is 10.4. The van der Waals surface area contributed by atoms with Gasteiger partial charge in [-0.3, -0.25) is 14.8 Å². The number of hydrogen-bond donors (Lipinski definition) is 2. The van der Waals surface area contributed by atoms with Gasteiger partial charge in [0, 0.05) is 21.8 Å². The predicted octanol–water partition coefficient (Wildman–Crippen LogP) is 3.48. The van der Waals surface area contributed by atoms with E-state index in [1.807, 2.05) is 12.1 Å². The molecule has 0 atom stereocenters. The Labute approximate surface area is 159 Å². The molecule has 0 unspecified atom stereocenters. The van der Waals surface area contributed by atoms with Crippen molar-refractivity contribution in [3.63, 3.8) is 0 Å². The summed E-state index contributed by atoms with van der Waals surface area (Å²) in [6.45, 7) is 0. The van der Waals surface area contributed by atoms with Crippen molar-refractivity contribution in [3.8, 4) is 10.6 Å². The normalized spacial score (nSPS) is 11.2. The molecule has 1 aromatic heterocycles. The zero-order valence-electron chi connectivity index (χ0n) is 13.4. The summed E-state index contributed by atoms with van der Waals surface area (Å²) >= 11 is 7.10. The quantitative estimate of drug-likeness (QED) is 0.673. The van der Waals surface area contributed by atoms with Crippen molar-refractivity contribution < 1.29 is 13.2 Å². The Balaban J connectivity index is 1.69. The molecule has 134 valence electrons. The van der Waals surface area contributed by atoms with Gasteiger partial charge >= 0.3 is 0 Å². The van der Waals surface area contributed by atoms with E-state index in [-0.39, 0.29) is 5.91 Å². The summed E-state index contributed by atoms with van der Waals surface area (Å²) in [6.07, 6.45) is 1.06. The van der Waals surface area contributed by atoms with Gasteiger partial charge in [0.1, 0.15) is 5.01 Å². The van der Waals surface area contributed by atoms with E-state index < -0.39 is 10.0 Å². The molecule has 7 nitrogen and oxygen atoms in total. The number of rotatable bonds is 5. The largest absolute Gasteiger partial charge is 0.296 e. The molecule has 0 aliphatic carbocycles. The van der Waals surface area contributed by atoms with Crippen LogP contribution in [0.1, 0.15) is 10.4 Å². The van der Waals surface area contributed by atoms with Crippen molar-refractivity contribution in [1.82, 2.24) is 10.2 Å². The molecule has 3 aromatic rings. The topological polar surface area (TPSA) is 101 Å².